The Morgan fingerprint density at radius 3 is 2.57 bits per heavy atom. The first-order valence-electron chi connectivity index (χ1n) is 6.45. The second-order valence-corrected chi connectivity index (χ2v) is 5.52. The van der Waals surface area contributed by atoms with Gasteiger partial charge in [-0.1, -0.05) is 23.2 Å². The van der Waals surface area contributed by atoms with E-state index in [1.54, 1.807) is 0 Å². The molecule has 3 N–H and O–H groups in total. The molecule has 0 fully saturated rings. The van der Waals surface area contributed by atoms with Crippen molar-refractivity contribution >= 4 is 40.7 Å². The minimum atomic E-state index is -0.643. The van der Waals surface area contributed by atoms with Crippen LogP contribution in [0.3, 0.4) is 0 Å². The summed E-state index contributed by atoms with van der Waals surface area (Å²) in [6.07, 6.45) is 0. The normalized spacial score (nSPS) is 12.1. The highest BCUT2D eigenvalue weighted by Crippen LogP contribution is 2.39. The number of carbonyl (C=O) groups excluding carboxylic acids is 2. The molecule has 0 saturated carbocycles. The van der Waals surface area contributed by atoms with E-state index in [-0.39, 0.29) is 22.4 Å². The maximum absolute atomic E-state index is 12.3. The van der Waals surface area contributed by atoms with Crippen LogP contribution in [0.25, 0.3) is 0 Å². The second kappa shape index (κ2) is 5.98. The van der Waals surface area contributed by atoms with Gasteiger partial charge in [-0.3, -0.25) is 9.59 Å². The fourth-order valence-electron chi connectivity index (χ4n) is 2.09. The fourth-order valence-corrected chi connectivity index (χ4v) is 2.63. The van der Waals surface area contributed by atoms with Crippen LogP contribution in [0.2, 0.25) is 10.0 Å². The average Bonchev–Trinajstić information content (AvgIpc) is 2.95. The highest BCUT2D eigenvalue weighted by atomic mass is 35.5. The summed E-state index contributed by atoms with van der Waals surface area (Å²) in [5, 5.41) is 3.09. The van der Waals surface area contributed by atoms with Crippen molar-refractivity contribution in [1.29, 1.82) is 0 Å². The largest absolute Gasteiger partial charge is 0.454 e. The van der Waals surface area contributed by atoms with Gasteiger partial charge in [-0.05, 0) is 30.3 Å². The van der Waals surface area contributed by atoms with Crippen LogP contribution in [-0.4, -0.2) is 18.6 Å². The lowest BCUT2D eigenvalue weighted by molar-refractivity contribution is 0.0998. The molecule has 3 rings (SSSR count). The summed E-state index contributed by atoms with van der Waals surface area (Å²) < 4.78 is 10.4. The van der Waals surface area contributed by atoms with Crippen LogP contribution >= 0.6 is 23.2 Å². The van der Waals surface area contributed by atoms with Crippen molar-refractivity contribution in [2.45, 2.75) is 0 Å². The lowest BCUT2D eigenvalue weighted by Crippen LogP contribution is -2.14. The molecule has 1 aliphatic rings. The summed E-state index contributed by atoms with van der Waals surface area (Å²) >= 11 is 12.0. The smallest absolute Gasteiger partial charge is 0.255 e. The predicted molar refractivity (Wildman–Crippen MR) is 85.5 cm³/mol. The number of fused-ring (bicyclic) bond motifs is 1. The molecule has 0 bridgehead atoms. The molecule has 0 spiro atoms. The fraction of sp³-hybridized carbons (Fsp3) is 0.0667. The lowest BCUT2D eigenvalue weighted by Gasteiger charge is -2.08. The molecule has 0 saturated heterocycles. The molecule has 0 aromatic heterocycles. The first-order valence-corrected chi connectivity index (χ1v) is 7.21. The summed E-state index contributed by atoms with van der Waals surface area (Å²) in [5.74, 6) is -0.231. The Labute approximate surface area is 141 Å². The van der Waals surface area contributed by atoms with E-state index in [4.69, 9.17) is 38.4 Å². The van der Waals surface area contributed by atoms with Crippen molar-refractivity contribution < 1.29 is 19.1 Å². The minimum absolute atomic E-state index is 0.0598. The number of nitrogens with one attached hydrogen (secondary N) is 1. The van der Waals surface area contributed by atoms with Crippen molar-refractivity contribution in [3.8, 4) is 11.5 Å². The van der Waals surface area contributed by atoms with Gasteiger partial charge < -0.3 is 20.5 Å². The zero-order valence-corrected chi connectivity index (χ0v) is 13.1. The molecule has 118 valence electrons. The van der Waals surface area contributed by atoms with E-state index < -0.39 is 11.8 Å². The van der Waals surface area contributed by atoms with Crippen molar-refractivity contribution in [2.75, 3.05) is 12.1 Å². The highest BCUT2D eigenvalue weighted by Gasteiger charge is 2.21. The van der Waals surface area contributed by atoms with Crippen LogP contribution in [0.1, 0.15) is 20.7 Å². The average molecular weight is 353 g/mol. The van der Waals surface area contributed by atoms with E-state index >= 15 is 0 Å². The van der Waals surface area contributed by atoms with Crippen LogP contribution in [0.15, 0.2) is 30.3 Å². The Balaban J connectivity index is 1.84. The Bertz CT molecular complexity index is 823. The van der Waals surface area contributed by atoms with E-state index in [9.17, 15) is 9.59 Å². The van der Waals surface area contributed by atoms with Gasteiger partial charge in [-0.15, -0.1) is 0 Å². The zero-order valence-electron chi connectivity index (χ0n) is 11.6. The zero-order chi connectivity index (χ0) is 16.6. The number of halogens is 2. The number of benzene rings is 2. The van der Waals surface area contributed by atoms with E-state index in [0.717, 1.165) is 0 Å². The topological polar surface area (TPSA) is 90.7 Å². The van der Waals surface area contributed by atoms with Crippen LogP contribution < -0.4 is 20.5 Å². The number of ether oxygens (including phenoxy) is 2. The van der Waals surface area contributed by atoms with Crippen molar-refractivity contribution in [3.63, 3.8) is 0 Å². The van der Waals surface area contributed by atoms with Gasteiger partial charge in [0.25, 0.3) is 5.91 Å². The monoisotopic (exact) mass is 352 g/mol. The van der Waals surface area contributed by atoms with Crippen LogP contribution in [0.4, 0.5) is 5.69 Å². The van der Waals surface area contributed by atoms with Gasteiger partial charge in [0, 0.05) is 11.3 Å². The van der Waals surface area contributed by atoms with Gasteiger partial charge in [0.1, 0.15) is 0 Å². The minimum Gasteiger partial charge on any atom is -0.454 e. The molecular formula is C15H10Cl2N2O4. The second-order valence-electron chi connectivity index (χ2n) is 4.70. The Hall–Kier alpha value is -2.44. The SMILES string of the molecule is NC(=O)c1ccc(NC(=O)c2cc(Cl)c3c(c2)OCO3)cc1Cl. The van der Waals surface area contributed by atoms with Crippen LogP contribution in [0, 0.1) is 0 Å². The quantitative estimate of drug-likeness (QED) is 0.887. The molecule has 8 heteroatoms. The Morgan fingerprint density at radius 2 is 1.87 bits per heavy atom. The molecule has 0 aliphatic carbocycles. The molecule has 6 nitrogen and oxygen atoms in total. The maximum atomic E-state index is 12.3. The number of hydrogen-bond donors (Lipinski definition) is 2. The maximum Gasteiger partial charge on any atom is 0.255 e. The first kappa shape index (κ1) is 15.5. The van der Waals surface area contributed by atoms with Gasteiger partial charge in [0.05, 0.1) is 15.6 Å². The van der Waals surface area contributed by atoms with Gasteiger partial charge in [0.15, 0.2) is 11.5 Å². The molecule has 0 atom stereocenters. The number of amides is 2. The summed E-state index contributed by atoms with van der Waals surface area (Å²) in [4.78, 5) is 23.4. The predicted octanol–water partition coefficient (Wildman–Crippen LogP) is 3.07. The third-order valence-corrected chi connectivity index (χ3v) is 3.78. The third kappa shape index (κ3) is 3.04. The van der Waals surface area contributed by atoms with Crippen LogP contribution in [-0.2, 0) is 0 Å². The Morgan fingerprint density at radius 1 is 1.09 bits per heavy atom. The van der Waals surface area contributed by atoms with Gasteiger partial charge in [0.2, 0.25) is 12.7 Å². The first-order chi connectivity index (χ1) is 11.0. The number of rotatable bonds is 3. The number of primary amides is 1. The van der Waals surface area contributed by atoms with E-state index in [0.29, 0.717) is 22.7 Å². The Kier molecular flexibility index (Phi) is 4.02. The van der Waals surface area contributed by atoms with Gasteiger partial charge >= 0.3 is 0 Å². The third-order valence-electron chi connectivity index (χ3n) is 3.18. The summed E-state index contributed by atoms with van der Waals surface area (Å²) in [6.45, 7) is 0.0598. The molecule has 2 aromatic rings. The molecule has 0 radical (unpaired) electrons. The number of carbonyl (C=O) groups is 2. The van der Waals surface area contributed by atoms with Crippen LogP contribution in [0.5, 0.6) is 11.5 Å². The van der Waals surface area contributed by atoms with Crippen molar-refractivity contribution in [2.24, 2.45) is 5.73 Å². The summed E-state index contributed by atoms with van der Waals surface area (Å²) in [7, 11) is 0. The molecular weight excluding hydrogens is 343 g/mol. The number of anilines is 1. The van der Waals surface area contributed by atoms with Gasteiger partial charge in [-0.25, -0.2) is 0 Å². The summed E-state index contributed by atoms with van der Waals surface area (Å²) in [5.41, 5.74) is 6.07. The van der Waals surface area contributed by atoms with E-state index in [1.165, 1.54) is 30.3 Å². The number of nitrogens with two attached hydrogens (primary N) is 1. The molecule has 23 heavy (non-hydrogen) atoms. The standard InChI is InChI=1S/C15H10Cl2N2O4/c16-10-5-8(1-2-9(10)14(18)20)19-15(21)7-3-11(17)13-12(4-7)22-6-23-13/h1-5H,6H2,(H2,18,20)(H,19,21). The molecule has 1 heterocycles. The lowest BCUT2D eigenvalue weighted by atomic mass is 10.1. The molecule has 0 unspecified atom stereocenters. The van der Waals surface area contributed by atoms with Crippen molar-refractivity contribution in [3.05, 3.63) is 51.5 Å². The van der Waals surface area contributed by atoms with E-state index in [2.05, 4.69) is 5.32 Å². The van der Waals surface area contributed by atoms with Gasteiger partial charge in [-0.2, -0.15) is 0 Å². The molecule has 2 aromatic carbocycles. The van der Waals surface area contributed by atoms with Crippen molar-refractivity contribution in [1.82, 2.24) is 0 Å². The van der Waals surface area contributed by atoms with E-state index in [1.807, 2.05) is 0 Å². The number of hydrogen-bond acceptors (Lipinski definition) is 4. The highest BCUT2D eigenvalue weighted by molar-refractivity contribution is 6.34. The summed E-state index contributed by atoms with van der Waals surface area (Å²) in [6, 6.07) is 7.41. The molecule has 2 amide bonds. The molecule has 1 aliphatic heterocycles.